The first-order valence-corrected chi connectivity index (χ1v) is 9.48. The molecule has 0 bridgehead atoms. The highest BCUT2D eigenvalue weighted by Gasteiger charge is 2.40. The summed E-state index contributed by atoms with van der Waals surface area (Å²) in [5.74, 6) is 2.41. The Morgan fingerprint density at radius 1 is 0.963 bits per heavy atom. The molecule has 0 radical (unpaired) electrons. The first-order chi connectivity index (χ1) is 13.0. The Morgan fingerprint density at radius 3 is 2.44 bits per heavy atom. The molecule has 2 aromatic heterocycles. The van der Waals surface area contributed by atoms with E-state index in [1.54, 1.807) is 0 Å². The Hall–Kier alpha value is -2.75. The van der Waals surface area contributed by atoms with E-state index in [1.807, 2.05) is 19.3 Å². The van der Waals surface area contributed by atoms with Crippen LogP contribution in [0.2, 0.25) is 0 Å². The van der Waals surface area contributed by atoms with Crippen molar-refractivity contribution in [1.82, 2.24) is 15.0 Å². The summed E-state index contributed by atoms with van der Waals surface area (Å²) in [5.41, 5.74) is 6.92. The van der Waals surface area contributed by atoms with Gasteiger partial charge in [-0.05, 0) is 62.4 Å². The lowest BCUT2D eigenvalue weighted by molar-refractivity contribution is 0.285. The summed E-state index contributed by atoms with van der Waals surface area (Å²) < 4.78 is 6.20. The summed E-state index contributed by atoms with van der Waals surface area (Å²) in [6.07, 6.45) is 4.95. The Bertz CT molecular complexity index is 946. The zero-order chi connectivity index (χ0) is 19.0. The molecule has 138 valence electrons. The van der Waals surface area contributed by atoms with Crippen LogP contribution in [0.1, 0.15) is 40.5 Å². The summed E-state index contributed by atoms with van der Waals surface area (Å²) in [4.78, 5) is 13.6. The van der Waals surface area contributed by atoms with Crippen LogP contribution in [0, 0.1) is 33.6 Å². The zero-order valence-electron chi connectivity index (χ0n) is 16.4. The first kappa shape index (κ1) is 17.7. The predicted molar refractivity (Wildman–Crippen MR) is 107 cm³/mol. The van der Waals surface area contributed by atoms with Gasteiger partial charge in [-0.25, -0.2) is 4.98 Å². The van der Waals surface area contributed by atoms with Gasteiger partial charge in [0, 0.05) is 29.9 Å². The van der Waals surface area contributed by atoms with Crippen LogP contribution in [0.5, 0.6) is 5.88 Å². The highest BCUT2D eigenvalue weighted by atomic mass is 16.5. The van der Waals surface area contributed by atoms with Gasteiger partial charge in [-0.1, -0.05) is 24.3 Å². The number of aromatic nitrogens is 3. The monoisotopic (exact) mass is 359 g/mol. The molecule has 1 fully saturated rings. The van der Waals surface area contributed by atoms with Crippen LogP contribution in [-0.4, -0.2) is 21.6 Å². The number of pyridine rings is 1. The van der Waals surface area contributed by atoms with E-state index >= 15 is 0 Å². The summed E-state index contributed by atoms with van der Waals surface area (Å²) in [6.45, 7) is 8.86. The quantitative estimate of drug-likeness (QED) is 0.646. The number of nitrogens with zero attached hydrogens (tertiary/aromatic N) is 3. The van der Waals surface area contributed by atoms with Gasteiger partial charge in [0.25, 0.3) is 0 Å². The standard InChI is InChI=1S/C23H25N3O/c1-14-8-9-21(25-11-14)19-10-18(19)13-27-23-20(12-24-17(4)26-23)22-15(2)6-5-7-16(22)3/h5-9,11-12,18-19H,10,13H2,1-4H3. The number of benzene rings is 1. The lowest BCUT2D eigenvalue weighted by Gasteiger charge is -2.14. The molecule has 4 nitrogen and oxygen atoms in total. The lowest BCUT2D eigenvalue weighted by atomic mass is 9.97. The molecule has 1 aromatic carbocycles. The van der Waals surface area contributed by atoms with Gasteiger partial charge in [0.15, 0.2) is 0 Å². The molecule has 27 heavy (non-hydrogen) atoms. The van der Waals surface area contributed by atoms with Crippen molar-refractivity contribution in [3.05, 3.63) is 70.9 Å². The molecule has 4 rings (SSSR count). The van der Waals surface area contributed by atoms with Gasteiger partial charge in [-0.3, -0.25) is 4.98 Å². The molecule has 1 aliphatic carbocycles. The fraction of sp³-hybridized carbons (Fsp3) is 0.348. The van der Waals surface area contributed by atoms with E-state index in [1.165, 1.54) is 27.9 Å². The summed E-state index contributed by atoms with van der Waals surface area (Å²) in [5, 5.41) is 0. The van der Waals surface area contributed by atoms with Crippen LogP contribution in [0.4, 0.5) is 0 Å². The topological polar surface area (TPSA) is 47.9 Å². The number of hydrogen-bond acceptors (Lipinski definition) is 4. The third-order valence-electron chi connectivity index (χ3n) is 5.30. The van der Waals surface area contributed by atoms with Crippen LogP contribution >= 0.6 is 0 Å². The third kappa shape index (κ3) is 3.70. The predicted octanol–water partition coefficient (Wildman–Crippen LogP) is 4.95. The average Bonchev–Trinajstić information content (AvgIpc) is 3.41. The maximum Gasteiger partial charge on any atom is 0.224 e. The molecule has 1 aliphatic rings. The maximum atomic E-state index is 6.20. The molecular weight excluding hydrogens is 334 g/mol. The third-order valence-corrected chi connectivity index (χ3v) is 5.30. The van der Waals surface area contributed by atoms with Crippen molar-refractivity contribution in [2.75, 3.05) is 6.61 Å². The van der Waals surface area contributed by atoms with Crippen molar-refractivity contribution >= 4 is 0 Å². The molecule has 1 saturated carbocycles. The molecule has 0 spiro atoms. The minimum Gasteiger partial charge on any atom is -0.477 e. The van der Waals surface area contributed by atoms with Crippen LogP contribution in [0.15, 0.2) is 42.7 Å². The number of aryl methyl sites for hydroxylation is 4. The average molecular weight is 359 g/mol. The lowest BCUT2D eigenvalue weighted by Crippen LogP contribution is -2.06. The normalized spacial score (nSPS) is 18.4. The fourth-order valence-electron chi connectivity index (χ4n) is 3.65. The van der Waals surface area contributed by atoms with E-state index in [0.29, 0.717) is 24.3 Å². The van der Waals surface area contributed by atoms with Gasteiger partial charge in [-0.2, -0.15) is 4.98 Å². The molecule has 2 heterocycles. The van der Waals surface area contributed by atoms with E-state index in [-0.39, 0.29) is 0 Å². The highest BCUT2D eigenvalue weighted by molar-refractivity contribution is 5.74. The van der Waals surface area contributed by atoms with Gasteiger partial charge in [-0.15, -0.1) is 0 Å². The van der Waals surface area contributed by atoms with E-state index in [4.69, 9.17) is 4.74 Å². The molecule has 0 amide bonds. The summed E-state index contributed by atoms with van der Waals surface area (Å²) in [7, 11) is 0. The van der Waals surface area contributed by atoms with Crippen LogP contribution in [-0.2, 0) is 0 Å². The van der Waals surface area contributed by atoms with E-state index < -0.39 is 0 Å². The maximum absolute atomic E-state index is 6.20. The van der Waals surface area contributed by atoms with Crippen LogP contribution in [0.3, 0.4) is 0 Å². The van der Waals surface area contributed by atoms with Crippen LogP contribution < -0.4 is 4.74 Å². The fourth-order valence-corrected chi connectivity index (χ4v) is 3.65. The van der Waals surface area contributed by atoms with Crippen molar-refractivity contribution in [2.45, 2.75) is 40.0 Å². The van der Waals surface area contributed by atoms with E-state index in [9.17, 15) is 0 Å². The van der Waals surface area contributed by atoms with Crippen molar-refractivity contribution in [3.8, 4) is 17.0 Å². The molecule has 4 heteroatoms. The minimum atomic E-state index is 0.497. The number of hydrogen-bond donors (Lipinski definition) is 0. The van der Waals surface area contributed by atoms with Gasteiger partial charge in [0.05, 0.1) is 12.2 Å². The molecule has 0 saturated heterocycles. The zero-order valence-corrected chi connectivity index (χ0v) is 16.4. The molecule has 2 unspecified atom stereocenters. The van der Waals surface area contributed by atoms with Crippen LogP contribution in [0.25, 0.3) is 11.1 Å². The molecule has 0 N–H and O–H groups in total. The first-order valence-electron chi connectivity index (χ1n) is 9.48. The number of rotatable bonds is 5. The van der Waals surface area contributed by atoms with Gasteiger partial charge < -0.3 is 4.74 Å². The van der Waals surface area contributed by atoms with E-state index in [2.05, 4.69) is 66.1 Å². The molecule has 2 atom stereocenters. The van der Waals surface area contributed by atoms with Crippen molar-refractivity contribution < 1.29 is 4.74 Å². The second kappa shape index (κ2) is 7.10. The van der Waals surface area contributed by atoms with Gasteiger partial charge in [0.2, 0.25) is 5.88 Å². The smallest absolute Gasteiger partial charge is 0.224 e. The van der Waals surface area contributed by atoms with E-state index in [0.717, 1.165) is 17.8 Å². The van der Waals surface area contributed by atoms with Crippen molar-refractivity contribution in [2.24, 2.45) is 5.92 Å². The largest absolute Gasteiger partial charge is 0.477 e. The second-order valence-electron chi connectivity index (χ2n) is 7.58. The van der Waals surface area contributed by atoms with Crippen molar-refractivity contribution in [1.29, 1.82) is 0 Å². The summed E-state index contributed by atoms with van der Waals surface area (Å²) >= 11 is 0. The SMILES string of the molecule is Cc1ccc(C2CC2COc2nc(C)ncc2-c2c(C)cccc2C)nc1. The Kier molecular flexibility index (Phi) is 4.65. The second-order valence-corrected chi connectivity index (χ2v) is 7.58. The van der Waals surface area contributed by atoms with Crippen molar-refractivity contribution in [3.63, 3.8) is 0 Å². The Labute approximate surface area is 160 Å². The van der Waals surface area contributed by atoms with Gasteiger partial charge >= 0.3 is 0 Å². The number of ether oxygens (including phenoxy) is 1. The highest BCUT2D eigenvalue weighted by Crippen LogP contribution is 2.47. The molecule has 0 aliphatic heterocycles. The molecular formula is C23H25N3O. The van der Waals surface area contributed by atoms with Gasteiger partial charge in [0.1, 0.15) is 5.82 Å². The summed E-state index contributed by atoms with van der Waals surface area (Å²) in [6, 6.07) is 10.6. The minimum absolute atomic E-state index is 0.497. The molecule has 3 aromatic rings. The Balaban J connectivity index is 1.53. The Morgan fingerprint density at radius 2 is 1.74 bits per heavy atom.